The van der Waals surface area contributed by atoms with E-state index < -0.39 is 11.7 Å². The van der Waals surface area contributed by atoms with Crippen LogP contribution in [0.2, 0.25) is 0 Å². The van der Waals surface area contributed by atoms with Crippen LogP contribution < -0.4 is 5.73 Å². The van der Waals surface area contributed by atoms with E-state index in [-0.39, 0.29) is 0 Å². The predicted octanol–water partition coefficient (Wildman–Crippen LogP) is -1.29. The highest BCUT2D eigenvalue weighted by Gasteiger charge is 1.96. The van der Waals surface area contributed by atoms with Gasteiger partial charge in [0.1, 0.15) is 7.85 Å². The van der Waals surface area contributed by atoms with Crippen molar-refractivity contribution in [3.63, 3.8) is 0 Å². The molecular weight excluding hydrogens is 92.8 g/mol. The lowest BCUT2D eigenvalue weighted by Gasteiger charge is -1.94. The van der Waals surface area contributed by atoms with Crippen molar-refractivity contribution in [2.24, 2.45) is 5.73 Å². The SMILES string of the molecule is [B]C(N)C(O)=C=O. The third-order valence-corrected chi connectivity index (χ3v) is 0.420. The number of aliphatic hydroxyl groups is 1. The maximum absolute atomic E-state index is 9.37. The van der Waals surface area contributed by atoms with E-state index in [1.54, 1.807) is 0 Å². The van der Waals surface area contributed by atoms with Gasteiger partial charge >= 0.3 is 0 Å². The van der Waals surface area contributed by atoms with Gasteiger partial charge in [0, 0.05) is 5.94 Å². The molecule has 0 rings (SSSR count). The van der Waals surface area contributed by atoms with Gasteiger partial charge in [0.05, 0.1) is 0 Å². The van der Waals surface area contributed by atoms with E-state index in [2.05, 4.69) is 0 Å². The van der Waals surface area contributed by atoms with Gasteiger partial charge in [-0.1, -0.05) is 0 Å². The molecule has 0 aromatic heterocycles. The highest BCUT2D eigenvalue weighted by molar-refractivity contribution is 6.13. The summed E-state index contributed by atoms with van der Waals surface area (Å²) in [5, 5.41) is 8.18. The van der Waals surface area contributed by atoms with Crippen molar-refractivity contribution in [1.82, 2.24) is 0 Å². The first kappa shape index (κ1) is 6.27. The molecule has 3 N–H and O–H groups in total. The van der Waals surface area contributed by atoms with Gasteiger partial charge < -0.3 is 10.8 Å². The van der Waals surface area contributed by atoms with Gasteiger partial charge in [0.25, 0.3) is 0 Å². The Balaban J connectivity index is 3.81. The van der Waals surface area contributed by atoms with E-state index in [0.29, 0.717) is 0 Å². The van der Waals surface area contributed by atoms with Crippen LogP contribution in [0.25, 0.3) is 0 Å². The van der Waals surface area contributed by atoms with Gasteiger partial charge in [-0.3, -0.25) is 0 Å². The molecule has 3 nitrogen and oxygen atoms in total. The Morgan fingerprint density at radius 2 is 2.43 bits per heavy atom. The van der Waals surface area contributed by atoms with Crippen LogP contribution in [0.3, 0.4) is 0 Å². The molecule has 0 aliphatic rings. The van der Waals surface area contributed by atoms with Crippen molar-refractivity contribution in [3.8, 4) is 0 Å². The number of nitrogens with two attached hydrogens (primary N) is 1. The molecule has 0 aromatic carbocycles. The molecule has 0 aliphatic carbocycles. The summed E-state index contributed by atoms with van der Waals surface area (Å²) in [6, 6.07) is 0. The van der Waals surface area contributed by atoms with Gasteiger partial charge in [-0.2, -0.15) is 0 Å². The third kappa shape index (κ3) is 2.03. The van der Waals surface area contributed by atoms with E-state index in [1.165, 1.54) is 0 Å². The van der Waals surface area contributed by atoms with Crippen molar-refractivity contribution in [2.45, 2.75) is 5.94 Å². The molecule has 1 unspecified atom stereocenters. The molecule has 0 heterocycles. The van der Waals surface area contributed by atoms with Gasteiger partial charge in [-0.25, -0.2) is 4.79 Å². The average molecular weight is 96.9 g/mol. The summed E-state index contributed by atoms with van der Waals surface area (Å²) in [6.45, 7) is 0. The van der Waals surface area contributed by atoms with Crippen LogP contribution >= 0.6 is 0 Å². The molecule has 0 fully saturated rings. The summed E-state index contributed by atoms with van der Waals surface area (Å²) in [7, 11) is 4.77. The number of rotatable bonds is 1. The fourth-order valence-electron chi connectivity index (χ4n) is 0.0680. The molecule has 7 heavy (non-hydrogen) atoms. The Morgan fingerprint density at radius 3 is 2.43 bits per heavy atom. The second-order valence-corrected chi connectivity index (χ2v) is 1.01. The quantitative estimate of drug-likeness (QED) is 0.243. The van der Waals surface area contributed by atoms with E-state index in [1.807, 2.05) is 0 Å². The monoisotopic (exact) mass is 97.0 g/mol. The van der Waals surface area contributed by atoms with Crippen LogP contribution in [0, 0.1) is 0 Å². The lowest BCUT2D eigenvalue weighted by molar-refractivity contribution is 0.394. The Labute approximate surface area is 42.2 Å². The second kappa shape index (κ2) is 2.45. The summed E-state index contributed by atoms with van der Waals surface area (Å²) in [6.07, 6.45) is 0. The number of carbonyl (C=O) groups excluding carboxylic acids is 1. The molecule has 0 saturated heterocycles. The van der Waals surface area contributed by atoms with Crippen molar-refractivity contribution in [3.05, 3.63) is 5.76 Å². The first-order valence-electron chi connectivity index (χ1n) is 1.63. The van der Waals surface area contributed by atoms with Crippen LogP contribution in [0.15, 0.2) is 5.76 Å². The lowest BCUT2D eigenvalue weighted by Crippen LogP contribution is -2.22. The van der Waals surface area contributed by atoms with Crippen LogP contribution in [0.5, 0.6) is 0 Å². The van der Waals surface area contributed by atoms with Crippen molar-refractivity contribution < 1.29 is 9.90 Å². The predicted molar refractivity (Wildman–Crippen MR) is 25.6 cm³/mol. The van der Waals surface area contributed by atoms with Crippen LogP contribution in [0.1, 0.15) is 0 Å². The van der Waals surface area contributed by atoms with E-state index in [4.69, 9.17) is 18.7 Å². The van der Waals surface area contributed by atoms with E-state index in [9.17, 15) is 4.79 Å². The highest BCUT2D eigenvalue weighted by Crippen LogP contribution is 1.78. The molecule has 0 aromatic rings. The van der Waals surface area contributed by atoms with Crippen molar-refractivity contribution >= 4 is 13.8 Å². The Morgan fingerprint density at radius 1 is 2.00 bits per heavy atom. The third-order valence-electron chi connectivity index (χ3n) is 0.420. The molecular formula is C3H4BNO2. The Bertz CT molecular complexity index is 106. The summed E-state index contributed by atoms with van der Waals surface area (Å²) < 4.78 is 0. The molecule has 0 amide bonds. The Kier molecular flexibility index (Phi) is 2.19. The summed E-state index contributed by atoms with van der Waals surface area (Å²) in [4.78, 5) is 9.37. The summed E-state index contributed by atoms with van der Waals surface area (Å²) in [5.41, 5.74) is 4.77. The minimum absolute atomic E-state index is 0.653. The highest BCUT2D eigenvalue weighted by atomic mass is 16.3. The molecule has 2 radical (unpaired) electrons. The van der Waals surface area contributed by atoms with E-state index >= 15 is 0 Å². The maximum atomic E-state index is 9.37. The largest absolute Gasteiger partial charge is 0.501 e. The number of aliphatic hydroxyl groups excluding tert-OH is 1. The van der Waals surface area contributed by atoms with Crippen molar-refractivity contribution in [1.29, 1.82) is 0 Å². The van der Waals surface area contributed by atoms with E-state index in [0.717, 1.165) is 5.94 Å². The number of hydrogen-bond acceptors (Lipinski definition) is 3. The smallest absolute Gasteiger partial charge is 0.184 e. The molecule has 0 saturated carbocycles. The fraction of sp³-hybridized carbons (Fsp3) is 0.333. The summed E-state index contributed by atoms with van der Waals surface area (Å²) in [5.74, 6) is -0.602. The van der Waals surface area contributed by atoms with Crippen LogP contribution in [-0.4, -0.2) is 24.8 Å². The molecule has 0 bridgehead atoms. The topological polar surface area (TPSA) is 63.3 Å². The van der Waals surface area contributed by atoms with Crippen LogP contribution in [0.4, 0.5) is 0 Å². The van der Waals surface area contributed by atoms with Crippen molar-refractivity contribution in [2.75, 3.05) is 0 Å². The molecule has 4 heteroatoms. The van der Waals surface area contributed by atoms with Gasteiger partial charge in [0.15, 0.2) is 11.7 Å². The zero-order valence-electron chi connectivity index (χ0n) is 3.59. The maximum Gasteiger partial charge on any atom is 0.184 e. The lowest BCUT2D eigenvalue weighted by atomic mass is 9.97. The second-order valence-electron chi connectivity index (χ2n) is 1.01. The minimum atomic E-state index is -1.09. The van der Waals surface area contributed by atoms with Gasteiger partial charge in [0.2, 0.25) is 0 Å². The normalized spacial score (nSPS) is 12.1. The average Bonchev–Trinajstić information content (AvgIpc) is 1.65. The van der Waals surface area contributed by atoms with Crippen LogP contribution in [-0.2, 0) is 4.79 Å². The summed E-state index contributed by atoms with van der Waals surface area (Å²) >= 11 is 0. The zero-order valence-corrected chi connectivity index (χ0v) is 3.59. The van der Waals surface area contributed by atoms with Gasteiger partial charge in [-0.05, 0) is 0 Å². The standard InChI is InChI=1S/C3H4BNO2/c4-3(5)2(7)1-6/h3,7H,5H2. The van der Waals surface area contributed by atoms with Gasteiger partial charge in [-0.15, -0.1) is 0 Å². The molecule has 0 aliphatic heterocycles. The molecule has 0 spiro atoms. The fourth-order valence-corrected chi connectivity index (χ4v) is 0.0680. The molecule has 1 atom stereocenters. The zero-order chi connectivity index (χ0) is 5.86. The number of hydrogen-bond donors (Lipinski definition) is 2. The molecule has 36 valence electrons. The minimum Gasteiger partial charge on any atom is -0.501 e. The first-order chi connectivity index (χ1) is 3.18. The first-order valence-corrected chi connectivity index (χ1v) is 1.63. The Hall–Kier alpha value is -0.725.